The van der Waals surface area contributed by atoms with E-state index < -0.39 is 19.0 Å². The molecular formula is C46H57Br2HfSi. The summed E-state index contributed by atoms with van der Waals surface area (Å²) in [6, 6.07) is 33.8. The molecule has 0 saturated carbocycles. The molecule has 0 amide bonds. The molecule has 50 heavy (non-hydrogen) atoms. The van der Waals surface area contributed by atoms with Crippen molar-refractivity contribution >= 4 is 53.1 Å². The van der Waals surface area contributed by atoms with Gasteiger partial charge < -0.3 is 0 Å². The van der Waals surface area contributed by atoms with Crippen LogP contribution in [0.15, 0.2) is 96.1 Å². The molecule has 0 heterocycles. The van der Waals surface area contributed by atoms with Gasteiger partial charge >= 0.3 is 320 Å². The number of halogens is 2. The van der Waals surface area contributed by atoms with Gasteiger partial charge in [-0.1, -0.05) is 0 Å². The molecule has 0 spiro atoms. The molecule has 2 aliphatic carbocycles. The van der Waals surface area contributed by atoms with Crippen LogP contribution in [0.1, 0.15) is 158 Å². The summed E-state index contributed by atoms with van der Waals surface area (Å²) in [7, 11) is 0. The van der Waals surface area contributed by atoms with Crippen molar-refractivity contribution in [1.29, 1.82) is 0 Å². The first-order chi connectivity index (χ1) is 23.7. The van der Waals surface area contributed by atoms with Crippen LogP contribution in [0, 0.1) is 0 Å². The number of hydrogen-bond donors (Lipinski definition) is 0. The average molecular weight is 976 g/mol. The Labute approximate surface area is 317 Å². The summed E-state index contributed by atoms with van der Waals surface area (Å²) in [6.45, 7) is 23.9. The van der Waals surface area contributed by atoms with E-state index in [0.29, 0.717) is 31.0 Å². The standard InChI is InChI=1S/2C17H23.C12H11Si.2BrH.Hf/c2*1-6-13-7-15-9-14(11(2)3)10-16(12(4)5)17(15)8-13;1-3-7-11(8-4-1)13-12-9-5-2-6-10-12;;;/h2*7-12H,6H2,1-5H3;1-10,13H;2*1H;/q;;;;;+2/p-2. The van der Waals surface area contributed by atoms with Crippen molar-refractivity contribution in [1.82, 2.24) is 0 Å². The van der Waals surface area contributed by atoms with Crippen LogP contribution in [0.4, 0.5) is 0 Å². The first kappa shape index (κ1) is 38.1. The van der Waals surface area contributed by atoms with Gasteiger partial charge in [0.2, 0.25) is 0 Å². The molecule has 0 nitrogen and oxygen atoms in total. The third-order valence-electron chi connectivity index (χ3n) is 11.9. The number of hydrogen-bond acceptors (Lipinski definition) is 0. The minimum absolute atomic E-state index is 0.330. The summed E-state index contributed by atoms with van der Waals surface area (Å²) in [5.41, 5.74) is 15.4. The fourth-order valence-corrected chi connectivity index (χ4v) is 102. The van der Waals surface area contributed by atoms with Gasteiger partial charge in [0.05, 0.1) is 0 Å². The van der Waals surface area contributed by atoms with Crippen LogP contribution in [0.25, 0.3) is 12.2 Å². The molecule has 4 aromatic rings. The maximum absolute atomic E-state index is 5.25. The summed E-state index contributed by atoms with van der Waals surface area (Å²) in [6.07, 6.45) is 7.40. The van der Waals surface area contributed by atoms with Gasteiger partial charge in [0, 0.05) is 0 Å². The van der Waals surface area contributed by atoms with E-state index in [1.807, 2.05) is 0 Å². The van der Waals surface area contributed by atoms with Crippen LogP contribution in [-0.2, 0) is 13.0 Å². The van der Waals surface area contributed by atoms with Gasteiger partial charge in [0.25, 0.3) is 0 Å². The van der Waals surface area contributed by atoms with E-state index >= 15 is 0 Å². The van der Waals surface area contributed by atoms with E-state index in [-0.39, 0.29) is 0 Å². The number of benzene rings is 4. The molecule has 6 rings (SSSR count). The van der Waals surface area contributed by atoms with E-state index in [1.165, 1.54) is 33.4 Å². The third-order valence-corrected chi connectivity index (χ3v) is 89.9. The van der Waals surface area contributed by atoms with Gasteiger partial charge in [0.1, 0.15) is 0 Å². The van der Waals surface area contributed by atoms with Crippen molar-refractivity contribution in [2.24, 2.45) is 0 Å². The zero-order chi connectivity index (χ0) is 36.1. The van der Waals surface area contributed by atoms with Crippen LogP contribution in [-0.4, -0.2) is 5.98 Å². The SMILES string of the molecule is CCC1=Cc2c(C(C)C)cc(C(C)C)cc2[CH]1[Hf]([Br])([Br])([CH]1C(CC)=Cc2c(C(C)C)cc(C(C)C)cc21)[SiH](c1ccccc1)c1ccccc1. The molecule has 0 fully saturated rings. The van der Waals surface area contributed by atoms with Crippen molar-refractivity contribution in [3.05, 3.63) is 141 Å². The van der Waals surface area contributed by atoms with Crippen LogP contribution in [0.2, 0.25) is 0 Å². The van der Waals surface area contributed by atoms with Crippen molar-refractivity contribution < 1.29 is 13.0 Å². The van der Waals surface area contributed by atoms with E-state index in [2.05, 4.69) is 166 Å². The van der Waals surface area contributed by atoms with Crippen LogP contribution >= 0.6 is 24.6 Å². The van der Waals surface area contributed by atoms with Crippen LogP contribution in [0.3, 0.4) is 0 Å². The second-order valence-electron chi connectivity index (χ2n) is 16.3. The summed E-state index contributed by atoms with van der Waals surface area (Å²) in [5.74, 6) is -0.166. The van der Waals surface area contributed by atoms with Crippen LogP contribution in [0.5, 0.6) is 0 Å². The quantitative estimate of drug-likeness (QED) is 0.131. The zero-order valence-corrected chi connectivity index (χ0v) is 39.9. The molecular weight excluding hydrogens is 919 g/mol. The first-order valence-electron chi connectivity index (χ1n) is 19.2. The summed E-state index contributed by atoms with van der Waals surface area (Å²) >= 11 is 5.60. The summed E-state index contributed by atoms with van der Waals surface area (Å²) in [4.78, 5) is 0. The fraction of sp³-hybridized carbons (Fsp3) is 0.391. The molecule has 263 valence electrons. The normalized spacial score (nSPS) is 18.1. The Kier molecular flexibility index (Phi) is 11.2. The van der Waals surface area contributed by atoms with Crippen molar-refractivity contribution in [3.8, 4) is 0 Å². The molecule has 2 unspecified atom stereocenters. The molecule has 4 aromatic carbocycles. The number of allylic oxidation sites excluding steroid dienone is 2. The Morgan fingerprint density at radius 1 is 0.540 bits per heavy atom. The average Bonchev–Trinajstić information content (AvgIpc) is 3.68. The van der Waals surface area contributed by atoms with Gasteiger partial charge in [-0.25, -0.2) is 0 Å². The Morgan fingerprint density at radius 2 is 0.900 bits per heavy atom. The Morgan fingerprint density at radius 3 is 1.20 bits per heavy atom. The Hall–Kier alpha value is -1.59. The van der Waals surface area contributed by atoms with E-state index in [9.17, 15) is 0 Å². The molecule has 0 N–H and O–H groups in total. The van der Waals surface area contributed by atoms with E-state index in [1.54, 1.807) is 32.6 Å². The number of fused-ring (bicyclic) bond motifs is 2. The molecule has 2 atom stereocenters. The van der Waals surface area contributed by atoms with Crippen molar-refractivity contribution in [3.63, 3.8) is 0 Å². The van der Waals surface area contributed by atoms with Crippen molar-refractivity contribution in [2.45, 2.75) is 113 Å². The molecule has 4 heteroatoms. The minimum atomic E-state index is -4.90. The molecule has 0 radical (unpaired) electrons. The summed E-state index contributed by atoms with van der Waals surface area (Å²) < 4.78 is 0.660. The monoisotopic (exact) mass is 975 g/mol. The second-order valence-corrected chi connectivity index (χ2v) is 99.4. The van der Waals surface area contributed by atoms with Gasteiger partial charge in [-0.3, -0.25) is 0 Å². The van der Waals surface area contributed by atoms with Gasteiger partial charge in [-0.2, -0.15) is 0 Å². The van der Waals surface area contributed by atoms with Gasteiger partial charge in [0.15, 0.2) is 0 Å². The second kappa shape index (κ2) is 14.7. The van der Waals surface area contributed by atoms with Crippen LogP contribution < -0.4 is 10.4 Å². The molecule has 2 aliphatic rings. The van der Waals surface area contributed by atoms with Crippen molar-refractivity contribution in [2.75, 3.05) is 0 Å². The van der Waals surface area contributed by atoms with Gasteiger partial charge in [-0.15, -0.1) is 0 Å². The predicted molar refractivity (Wildman–Crippen MR) is 228 cm³/mol. The van der Waals surface area contributed by atoms with Gasteiger partial charge in [-0.05, 0) is 0 Å². The first-order valence-corrected chi connectivity index (χ1v) is 47.0. The molecule has 0 aliphatic heterocycles. The fourth-order valence-electron chi connectivity index (χ4n) is 9.35. The number of rotatable bonds is 11. The molecule has 0 bridgehead atoms. The predicted octanol–water partition coefficient (Wildman–Crippen LogP) is 13.4. The zero-order valence-electron chi connectivity index (χ0n) is 31.9. The Bertz CT molecular complexity index is 1800. The molecule has 0 aromatic heterocycles. The topological polar surface area (TPSA) is 0 Å². The maximum atomic E-state index is 5.25. The molecule has 0 saturated heterocycles. The summed E-state index contributed by atoms with van der Waals surface area (Å²) in [5, 5.41) is 3.09. The Balaban J connectivity index is 1.82. The van der Waals surface area contributed by atoms with E-state index in [4.69, 9.17) is 24.6 Å². The third kappa shape index (κ3) is 6.39. The van der Waals surface area contributed by atoms with E-state index in [0.717, 1.165) is 12.8 Å².